The Bertz CT molecular complexity index is 1300. The smallest absolute Gasteiger partial charge is 0.142 e. The zero-order valence-electron chi connectivity index (χ0n) is 23.5. The van der Waals surface area contributed by atoms with Gasteiger partial charge in [-0.3, -0.25) is 9.98 Å². The van der Waals surface area contributed by atoms with Crippen molar-refractivity contribution in [3.63, 3.8) is 0 Å². The molecule has 3 aromatic rings. The zero-order valence-corrected chi connectivity index (χ0v) is 23.5. The summed E-state index contributed by atoms with van der Waals surface area (Å²) in [4.78, 5) is 13.5. The van der Waals surface area contributed by atoms with Gasteiger partial charge >= 0.3 is 0 Å². The van der Waals surface area contributed by atoms with Gasteiger partial charge in [0.15, 0.2) is 0 Å². The number of ether oxygens (including phenoxy) is 2. The topological polar surface area (TPSA) is 73.7 Å². The molecule has 2 aliphatic rings. The van der Waals surface area contributed by atoms with Gasteiger partial charge in [-0.15, -0.1) is 0 Å². The Hall–Kier alpha value is -4.20. The van der Waals surface area contributed by atoms with E-state index in [9.17, 15) is 0 Å². The van der Waals surface area contributed by atoms with Gasteiger partial charge < -0.3 is 29.9 Å². The minimum absolute atomic E-state index is 0.764. The number of nitrogens with one attached hydrogen (secondary N) is 2. The summed E-state index contributed by atoms with van der Waals surface area (Å²) in [5, 5.41) is 6.67. The predicted octanol–water partition coefficient (Wildman–Crippen LogP) is 3.98. The molecule has 3 aromatic carbocycles. The maximum Gasteiger partial charge on any atom is 0.142 e. The largest absolute Gasteiger partial charge is 0.495 e. The van der Waals surface area contributed by atoms with E-state index in [-0.39, 0.29) is 0 Å². The molecule has 0 aliphatic carbocycles. The Morgan fingerprint density at radius 3 is 1.54 bits per heavy atom. The standard InChI is InChI=1S/C31H38N6O2/c1-21-14-22(19-36(2)26-8-6-24(17-28(26)38-4)30-32-10-11-33-30)16-23(15-21)20-37(3)27-9-7-25(18-29(27)39-5)31-34-12-13-35-31/h6-9,14-18H,10-13,19-20H2,1-5H3,(H,32,33)(H,34,35). The average molecular weight is 527 g/mol. The van der Waals surface area contributed by atoms with Crippen LogP contribution in [-0.2, 0) is 13.1 Å². The second kappa shape index (κ2) is 11.7. The molecule has 0 aromatic heterocycles. The van der Waals surface area contributed by atoms with Crippen molar-refractivity contribution >= 4 is 23.0 Å². The molecule has 2 heterocycles. The lowest BCUT2D eigenvalue weighted by Crippen LogP contribution is -2.21. The normalized spacial score (nSPS) is 14.3. The summed E-state index contributed by atoms with van der Waals surface area (Å²) >= 11 is 0. The lowest BCUT2D eigenvalue weighted by molar-refractivity contribution is 0.414. The summed E-state index contributed by atoms with van der Waals surface area (Å²) in [7, 11) is 7.65. The molecule has 39 heavy (non-hydrogen) atoms. The fraction of sp³-hybridized carbons (Fsp3) is 0.355. The van der Waals surface area contributed by atoms with Crippen molar-refractivity contribution in [1.82, 2.24) is 10.6 Å². The van der Waals surface area contributed by atoms with Crippen LogP contribution in [0.5, 0.6) is 11.5 Å². The van der Waals surface area contributed by atoms with Gasteiger partial charge in [0.25, 0.3) is 0 Å². The molecule has 5 rings (SSSR count). The maximum atomic E-state index is 5.76. The highest BCUT2D eigenvalue weighted by Gasteiger charge is 2.16. The lowest BCUT2D eigenvalue weighted by atomic mass is 10.0. The van der Waals surface area contributed by atoms with Crippen molar-refractivity contribution in [2.45, 2.75) is 20.0 Å². The fourth-order valence-corrected chi connectivity index (χ4v) is 5.31. The molecular formula is C31H38N6O2. The Labute approximate surface area is 231 Å². The lowest BCUT2D eigenvalue weighted by Gasteiger charge is -2.25. The number of anilines is 2. The quantitative estimate of drug-likeness (QED) is 0.416. The van der Waals surface area contributed by atoms with Gasteiger partial charge in [0, 0.05) is 51.4 Å². The van der Waals surface area contributed by atoms with Gasteiger partial charge in [-0.05, 0) is 54.4 Å². The van der Waals surface area contributed by atoms with E-state index in [1.54, 1.807) is 14.2 Å². The third-order valence-corrected chi connectivity index (χ3v) is 7.11. The molecular weight excluding hydrogens is 488 g/mol. The van der Waals surface area contributed by atoms with Crippen molar-refractivity contribution in [3.05, 3.63) is 82.4 Å². The van der Waals surface area contributed by atoms with E-state index in [0.29, 0.717) is 0 Å². The number of benzene rings is 3. The predicted molar refractivity (Wildman–Crippen MR) is 160 cm³/mol. The second-order valence-corrected chi connectivity index (χ2v) is 10.1. The van der Waals surface area contributed by atoms with Gasteiger partial charge in [-0.1, -0.05) is 23.8 Å². The van der Waals surface area contributed by atoms with Gasteiger partial charge in [0.1, 0.15) is 23.2 Å². The molecule has 0 bridgehead atoms. The third kappa shape index (κ3) is 5.95. The number of nitrogens with zero attached hydrogens (tertiary/aromatic N) is 4. The molecule has 0 saturated carbocycles. The molecule has 8 nitrogen and oxygen atoms in total. The molecule has 0 unspecified atom stereocenters. The molecule has 2 aliphatic heterocycles. The zero-order chi connectivity index (χ0) is 27.4. The van der Waals surface area contributed by atoms with Crippen LogP contribution < -0.4 is 29.9 Å². The van der Waals surface area contributed by atoms with E-state index in [1.807, 2.05) is 0 Å². The van der Waals surface area contributed by atoms with Crippen LogP contribution in [0.25, 0.3) is 0 Å². The SMILES string of the molecule is COc1cc(C2=NCCN2)ccc1N(C)Cc1cc(C)cc(CN(C)c2ccc(C3=NCCN3)cc2OC)c1. The summed E-state index contributed by atoms with van der Waals surface area (Å²) in [6, 6.07) is 19.4. The number of amidine groups is 2. The van der Waals surface area contributed by atoms with E-state index in [4.69, 9.17) is 9.47 Å². The highest BCUT2D eigenvalue weighted by Crippen LogP contribution is 2.32. The minimum Gasteiger partial charge on any atom is -0.495 e. The molecule has 2 N–H and O–H groups in total. The van der Waals surface area contributed by atoms with Crippen LogP contribution in [0, 0.1) is 6.92 Å². The number of hydrogen-bond acceptors (Lipinski definition) is 8. The number of hydrogen-bond donors (Lipinski definition) is 2. The first kappa shape index (κ1) is 26.4. The Balaban J connectivity index is 1.32. The number of rotatable bonds is 10. The molecule has 0 fully saturated rings. The first-order chi connectivity index (χ1) is 18.9. The first-order valence-electron chi connectivity index (χ1n) is 13.4. The van der Waals surface area contributed by atoms with E-state index < -0.39 is 0 Å². The molecule has 0 spiro atoms. The van der Waals surface area contributed by atoms with E-state index in [1.165, 1.54) is 16.7 Å². The molecule has 0 saturated heterocycles. The van der Waals surface area contributed by atoms with Gasteiger partial charge in [-0.25, -0.2) is 0 Å². The van der Waals surface area contributed by atoms with Crippen molar-refractivity contribution in [1.29, 1.82) is 0 Å². The highest BCUT2D eigenvalue weighted by molar-refractivity contribution is 6.01. The highest BCUT2D eigenvalue weighted by atomic mass is 16.5. The van der Waals surface area contributed by atoms with E-state index in [2.05, 4.69) is 106 Å². The molecule has 0 atom stereocenters. The molecule has 0 radical (unpaired) electrons. The summed E-state index contributed by atoms with van der Waals surface area (Å²) in [5.74, 6) is 3.55. The van der Waals surface area contributed by atoms with Crippen LogP contribution in [-0.4, -0.2) is 66.2 Å². The monoisotopic (exact) mass is 526 g/mol. The summed E-state index contributed by atoms with van der Waals surface area (Å²) in [6.07, 6.45) is 0. The number of aryl methyl sites for hydroxylation is 1. The number of methoxy groups -OCH3 is 2. The molecule has 8 heteroatoms. The summed E-state index contributed by atoms with van der Waals surface area (Å²) in [5.41, 5.74) is 7.95. The van der Waals surface area contributed by atoms with Crippen LogP contribution in [0.2, 0.25) is 0 Å². The first-order valence-corrected chi connectivity index (χ1v) is 13.4. The van der Waals surface area contributed by atoms with Crippen LogP contribution in [0.3, 0.4) is 0 Å². The molecule has 204 valence electrons. The van der Waals surface area contributed by atoms with Crippen LogP contribution >= 0.6 is 0 Å². The van der Waals surface area contributed by atoms with Crippen LogP contribution in [0.1, 0.15) is 27.8 Å². The Morgan fingerprint density at radius 2 is 1.15 bits per heavy atom. The minimum atomic E-state index is 0.764. The van der Waals surface area contributed by atoms with Crippen LogP contribution in [0.4, 0.5) is 11.4 Å². The summed E-state index contributed by atoms with van der Waals surface area (Å²) < 4.78 is 11.5. The third-order valence-electron chi connectivity index (χ3n) is 7.11. The van der Waals surface area contributed by atoms with Crippen molar-refractivity contribution in [2.24, 2.45) is 9.98 Å². The van der Waals surface area contributed by atoms with E-state index in [0.717, 1.165) is 84.9 Å². The second-order valence-electron chi connectivity index (χ2n) is 10.1. The summed E-state index contributed by atoms with van der Waals surface area (Å²) in [6.45, 7) is 7.08. The van der Waals surface area contributed by atoms with Gasteiger partial charge in [-0.2, -0.15) is 0 Å². The Kier molecular flexibility index (Phi) is 7.91. The fourth-order valence-electron chi connectivity index (χ4n) is 5.31. The van der Waals surface area contributed by atoms with E-state index >= 15 is 0 Å². The number of aliphatic imine (C=N–C) groups is 2. The van der Waals surface area contributed by atoms with Crippen molar-refractivity contribution in [3.8, 4) is 11.5 Å². The van der Waals surface area contributed by atoms with Gasteiger partial charge in [0.05, 0.1) is 38.7 Å². The van der Waals surface area contributed by atoms with Gasteiger partial charge in [0.2, 0.25) is 0 Å². The molecule has 0 amide bonds. The van der Waals surface area contributed by atoms with Crippen LogP contribution in [0.15, 0.2) is 64.6 Å². The van der Waals surface area contributed by atoms with Crippen molar-refractivity contribution in [2.75, 3.05) is 64.3 Å². The van der Waals surface area contributed by atoms with Crippen molar-refractivity contribution < 1.29 is 9.47 Å². The Morgan fingerprint density at radius 1 is 0.692 bits per heavy atom. The average Bonchev–Trinajstić information content (AvgIpc) is 3.67. The maximum absolute atomic E-state index is 5.76.